The number of likely N-dealkylation sites (tertiary alicyclic amines) is 2. The van der Waals surface area contributed by atoms with Gasteiger partial charge in [-0.3, -0.25) is 0 Å². The second kappa shape index (κ2) is 5.32. The van der Waals surface area contributed by atoms with Gasteiger partial charge in [-0.05, 0) is 20.0 Å². The molecule has 1 unspecified atom stereocenters. The first-order valence-corrected chi connectivity index (χ1v) is 6.92. The lowest BCUT2D eigenvalue weighted by atomic mass is 10.1. The standard InChI is InChI=1S/C12H18N6O3/c1-16-3-2-8(4-16)13-12(21)17-5-9(6-17)18-7-10(11(19)20)14-15-18/h7-9H,2-6H2,1H3,(H,13,21)(H,19,20). The van der Waals surface area contributed by atoms with Crippen LogP contribution in [0, 0.1) is 0 Å². The summed E-state index contributed by atoms with van der Waals surface area (Å²) in [5.41, 5.74) is -0.0769. The first kappa shape index (κ1) is 13.8. The largest absolute Gasteiger partial charge is 0.476 e. The number of aromatic carboxylic acids is 1. The highest BCUT2D eigenvalue weighted by Crippen LogP contribution is 2.20. The predicted octanol–water partition coefficient (Wildman–Crippen LogP) is -0.753. The van der Waals surface area contributed by atoms with Gasteiger partial charge in [-0.25, -0.2) is 14.3 Å². The highest BCUT2D eigenvalue weighted by atomic mass is 16.4. The monoisotopic (exact) mass is 294 g/mol. The third-order valence-electron chi connectivity index (χ3n) is 3.97. The van der Waals surface area contributed by atoms with Gasteiger partial charge in [0.1, 0.15) is 0 Å². The van der Waals surface area contributed by atoms with E-state index >= 15 is 0 Å². The summed E-state index contributed by atoms with van der Waals surface area (Å²) in [6, 6.07) is 0.152. The van der Waals surface area contributed by atoms with Crippen LogP contribution in [0.2, 0.25) is 0 Å². The van der Waals surface area contributed by atoms with Crippen LogP contribution in [-0.4, -0.2) is 81.2 Å². The number of urea groups is 1. The lowest BCUT2D eigenvalue weighted by Gasteiger charge is -2.39. The molecule has 0 bridgehead atoms. The zero-order valence-electron chi connectivity index (χ0n) is 11.8. The number of aromatic nitrogens is 3. The molecule has 1 aromatic heterocycles. The van der Waals surface area contributed by atoms with Crippen molar-refractivity contribution in [2.45, 2.75) is 18.5 Å². The molecule has 2 saturated heterocycles. The van der Waals surface area contributed by atoms with Gasteiger partial charge in [-0.15, -0.1) is 5.10 Å². The average Bonchev–Trinajstić information content (AvgIpc) is 2.97. The molecule has 0 aromatic carbocycles. The summed E-state index contributed by atoms with van der Waals surface area (Å²) < 4.78 is 1.51. The van der Waals surface area contributed by atoms with Crippen LogP contribution in [0.15, 0.2) is 6.20 Å². The molecule has 2 aliphatic rings. The molecule has 1 aromatic rings. The molecule has 0 radical (unpaired) electrons. The Balaban J connectivity index is 1.48. The van der Waals surface area contributed by atoms with Crippen LogP contribution in [0.3, 0.4) is 0 Å². The van der Waals surface area contributed by atoms with E-state index in [-0.39, 0.29) is 23.8 Å². The summed E-state index contributed by atoms with van der Waals surface area (Å²) in [5.74, 6) is -1.10. The van der Waals surface area contributed by atoms with E-state index in [1.807, 2.05) is 7.05 Å². The van der Waals surface area contributed by atoms with Gasteiger partial charge in [0.2, 0.25) is 0 Å². The Hall–Kier alpha value is -2.16. The normalized spacial score (nSPS) is 23.1. The van der Waals surface area contributed by atoms with Gasteiger partial charge >= 0.3 is 12.0 Å². The van der Waals surface area contributed by atoms with E-state index < -0.39 is 5.97 Å². The minimum absolute atomic E-state index is 0.00241. The van der Waals surface area contributed by atoms with E-state index in [2.05, 4.69) is 20.5 Å². The smallest absolute Gasteiger partial charge is 0.358 e. The highest BCUT2D eigenvalue weighted by molar-refractivity contribution is 5.84. The summed E-state index contributed by atoms with van der Waals surface area (Å²) in [6.07, 6.45) is 2.37. The van der Waals surface area contributed by atoms with Crippen molar-refractivity contribution in [3.63, 3.8) is 0 Å². The number of carbonyl (C=O) groups excluding carboxylic acids is 1. The first-order valence-electron chi connectivity index (χ1n) is 6.92. The number of rotatable bonds is 3. The van der Waals surface area contributed by atoms with Gasteiger partial charge in [-0.2, -0.15) is 0 Å². The van der Waals surface area contributed by atoms with E-state index in [0.29, 0.717) is 13.1 Å². The maximum absolute atomic E-state index is 12.0. The Kier molecular flexibility index (Phi) is 3.50. The van der Waals surface area contributed by atoms with Crippen molar-refractivity contribution in [1.29, 1.82) is 0 Å². The SMILES string of the molecule is CN1CCC(NC(=O)N2CC(n3cc(C(=O)O)nn3)C2)C1. The molecule has 21 heavy (non-hydrogen) atoms. The van der Waals surface area contributed by atoms with Crippen molar-refractivity contribution < 1.29 is 14.7 Å². The van der Waals surface area contributed by atoms with Gasteiger partial charge in [0.25, 0.3) is 0 Å². The molecule has 2 N–H and O–H groups in total. The lowest BCUT2D eigenvalue weighted by Crippen LogP contribution is -2.56. The maximum atomic E-state index is 12.0. The first-order chi connectivity index (χ1) is 10.0. The molecule has 2 amide bonds. The Morgan fingerprint density at radius 2 is 2.14 bits per heavy atom. The third kappa shape index (κ3) is 2.82. The number of amides is 2. The summed E-state index contributed by atoms with van der Waals surface area (Å²) in [4.78, 5) is 26.7. The Morgan fingerprint density at radius 3 is 2.71 bits per heavy atom. The fourth-order valence-electron chi connectivity index (χ4n) is 2.66. The van der Waals surface area contributed by atoms with Crippen LogP contribution in [0.4, 0.5) is 4.79 Å². The molecule has 3 heterocycles. The van der Waals surface area contributed by atoms with Crippen molar-refractivity contribution in [3.8, 4) is 0 Å². The molecular formula is C12H18N6O3. The van der Waals surface area contributed by atoms with Gasteiger partial charge in [-0.1, -0.05) is 5.21 Å². The molecule has 9 heteroatoms. The van der Waals surface area contributed by atoms with E-state index in [1.54, 1.807) is 4.90 Å². The molecule has 2 aliphatic heterocycles. The van der Waals surface area contributed by atoms with Crippen LogP contribution < -0.4 is 5.32 Å². The van der Waals surface area contributed by atoms with Gasteiger partial charge in [0.05, 0.1) is 12.2 Å². The predicted molar refractivity (Wildman–Crippen MR) is 72.0 cm³/mol. The average molecular weight is 294 g/mol. The van der Waals surface area contributed by atoms with Crippen LogP contribution in [0.25, 0.3) is 0 Å². The molecule has 0 aliphatic carbocycles. The van der Waals surface area contributed by atoms with Gasteiger partial charge < -0.3 is 20.2 Å². The molecule has 1 atom stereocenters. The number of hydrogen-bond acceptors (Lipinski definition) is 5. The summed E-state index contributed by atoms with van der Waals surface area (Å²) in [7, 11) is 2.04. The van der Waals surface area contributed by atoms with Crippen molar-refractivity contribution in [2.75, 3.05) is 33.2 Å². The molecule has 2 fully saturated rings. The number of carboxylic acid groups (broad SMARTS) is 1. The summed E-state index contributed by atoms with van der Waals surface area (Å²) >= 11 is 0. The van der Waals surface area contributed by atoms with Crippen LogP contribution in [0.5, 0.6) is 0 Å². The number of nitrogens with one attached hydrogen (secondary N) is 1. The van der Waals surface area contributed by atoms with Gasteiger partial charge in [0, 0.05) is 25.7 Å². The number of nitrogens with zero attached hydrogens (tertiary/aromatic N) is 5. The Labute approximate surface area is 121 Å². The highest BCUT2D eigenvalue weighted by Gasteiger charge is 2.34. The summed E-state index contributed by atoms with van der Waals surface area (Å²) in [5, 5.41) is 19.2. The van der Waals surface area contributed by atoms with E-state index in [4.69, 9.17) is 5.11 Å². The molecule has 9 nitrogen and oxygen atoms in total. The van der Waals surface area contributed by atoms with E-state index in [1.165, 1.54) is 10.9 Å². The topological polar surface area (TPSA) is 104 Å². The van der Waals surface area contributed by atoms with E-state index in [9.17, 15) is 9.59 Å². The van der Waals surface area contributed by atoms with Gasteiger partial charge in [0.15, 0.2) is 5.69 Å². The van der Waals surface area contributed by atoms with Crippen LogP contribution in [-0.2, 0) is 0 Å². The zero-order valence-corrected chi connectivity index (χ0v) is 11.8. The molecule has 0 saturated carbocycles. The molecule has 0 spiro atoms. The zero-order chi connectivity index (χ0) is 15.0. The van der Waals surface area contributed by atoms with Crippen molar-refractivity contribution in [1.82, 2.24) is 30.1 Å². The fourth-order valence-corrected chi connectivity index (χ4v) is 2.66. The van der Waals surface area contributed by atoms with Crippen molar-refractivity contribution >= 4 is 12.0 Å². The van der Waals surface area contributed by atoms with Crippen LogP contribution >= 0.6 is 0 Å². The minimum Gasteiger partial charge on any atom is -0.476 e. The maximum Gasteiger partial charge on any atom is 0.358 e. The molecule has 3 rings (SSSR count). The minimum atomic E-state index is -1.10. The number of carbonyl (C=O) groups is 2. The Morgan fingerprint density at radius 1 is 1.38 bits per heavy atom. The van der Waals surface area contributed by atoms with E-state index in [0.717, 1.165) is 19.5 Å². The summed E-state index contributed by atoms with van der Waals surface area (Å²) in [6.45, 7) is 2.94. The third-order valence-corrected chi connectivity index (χ3v) is 3.97. The van der Waals surface area contributed by atoms with Crippen LogP contribution in [0.1, 0.15) is 23.0 Å². The second-order valence-electron chi connectivity index (χ2n) is 5.65. The Bertz CT molecular complexity index is 553. The fraction of sp³-hybridized carbons (Fsp3) is 0.667. The second-order valence-corrected chi connectivity index (χ2v) is 5.65. The quantitative estimate of drug-likeness (QED) is 0.760. The molecule has 114 valence electrons. The lowest BCUT2D eigenvalue weighted by molar-refractivity contribution is 0.0690. The number of likely N-dealkylation sites (N-methyl/N-ethyl adjacent to an activating group) is 1. The van der Waals surface area contributed by atoms with Crippen molar-refractivity contribution in [2.24, 2.45) is 0 Å². The number of carboxylic acids is 1. The molecular weight excluding hydrogens is 276 g/mol. The van der Waals surface area contributed by atoms with Crippen molar-refractivity contribution in [3.05, 3.63) is 11.9 Å². The number of hydrogen-bond donors (Lipinski definition) is 2.